The van der Waals surface area contributed by atoms with Crippen LogP contribution in [0.3, 0.4) is 0 Å². The van der Waals surface area contributed by atoms with E-state index in [4.69, 9.17) is 4.74 Å². The highest BCUT2D eigenvalue weighted by Gasteiger charge is 2.31. The summed E-state index contributed by atoms with van der Waals surface area (Å²) in [5.41, 5.74) is 2.79. The third kappa shape index (κ3) is 3.33. The molecule has 0 saturated carbocycles. The van der Waals surface area contributed by atoms with Crippen molar-refractivity contribution in [2.45, 2.75) is 26.1 Å². The number of carbonyl (C=O) groups is 1. The van der Waals surface area contributed by atoms with E-state index in [1.807, 2.05) is 65.6 Å². The number of hydrogen-bond acceptors (Lipinski definition) is 3. The zero-order valence-corrected chi connectivity index (χ0v) is 14.7. The van der Waals surface area contributed by atoms with Gasteiger partial charge in [-0.2, -0.15) is 0 Å². The van der Waals surface area contributed by atoms with E-state index in [-0.39, 0.29) is 11.9 Å². The Morgan fingerprint density at radius 2 is 1.69 bits per heavy atom. The van der Waals surface area contributed by atoms with Crippen LogP contribution in [0.4, 0.5) is 0 Å². The van der Waals surface area contributed by atoms with Crippen molar-refractivity contribution in [1.29, 1.82) is 0 Å². The van der Waals surface area contributed by atoms with Crippen LogP contribution >= 0.6 is 0 Å². The maximum absolute atomic E-state index is 12.9. The van der Waals surface area contributed by atoms with Gasteiger partial charge in [0.25, 0.3) is 5.91 Å². The number of amides is 1. The first-order chi connectivity index (χ1) is 12.7. The lowest BCUT2D eigenvalue weighted by atomic mass is 10.1. The van der Waals surface area contributed by atoms with Crippen molar-refractivity contribution < 1.29 is 9.53 Å². The first-order valence-electron chi connectivity index (χ1n) is 8.80. The van der Waals surface area contributed by atoms with Gasteiger partial charge in [0.15, 0.2) is 0 Å². The minimum Gasteiger partial charge on any atom is -0.472 e. The second-order valence-electron chi connectivity index (χ2n) is 6.61. The van der Waals surface area contributed by atoms with Crippen LogP contribution in [-0.2, 0) is 13.2 Å². The van der Waals surface area contributed by atoms with Gasteiger partial charge in [0.2, 0.25) is 5.88 Å². The Morgan fingerprint density at radius 3 is 2.38 bits per heavy atom. The van der Waals surface area contributed by atoms with E-state index in [1.165, 1.54) is 0 Å². The van der Waals surface area contributed by atoms with Crippen LogP contribution in [0.5, 0.6) is 5.88 Å². The van der Waals surface area contributed by atoms with E-state index in [1.54, 1.807) is 10.7 Å². The molecule has 1 atom stereocenters. The normalized spacial score (nSPS) is 16.4. The smallest absolute Gasteiger partial charge is 0.272 e. The Morgan fingerprint density at radius 1 is 1.04 bits per heavy atom. The molecule has 3 aromatic rings. The summed E-state index contributed by atoms with van der Waals surface area (Å²) < 4.78 is 7.57. The molecule has 1 aliphatic rings. The van der Waals surface area contributed by atoms with Gasteiger partial charge in [-0.15, -0.1) is 5.10 Å². The number of ether oxygens (including phenoxy) is 1. The minimum absolute atomic E-state index is 0.00554. The van der Waals surface area contributed by atoms with Gasteiger partial charge in [-0.3, -0.25) is 9.48 Å². The van der Waals surface area contributed by atoms with Gasteiger partial charge in [0, 0.05) is 19.2 Å². The quantitative estimate of drug-likeness (QED) is 0.707. The van der Waals surface area contributed by atoms with Crippen LogP contribution in [0.25, 0.3) is 0 Å². The van der Waals surface area contributed by atoms with Gasteiger partial charge >= 0.3 is 0 Å². The second kappa shape index (κ2) is 7.04. The molecule has 1 unspecified atom stereocenters. The Hall–Kier alpha value is -3.08. The fourth-order valence-corrected chi connectivity index (χ4v) is 3.25. The van der Waals surface area contributed by atoms with E-state index < -0.39 is 0 Å². The van der Waals surface area contributed by atoms with Crippen molar-refractivity contribution in [3.05, 3.63) is 83.6 Å². The molecule has 5 nitrogen and oxygen atoms in total. The minimum atomic E-state index is -0.00554. The van der Waals surface area contributed by atoms with Crippen molar-refractivity contribution in [2.75, 3.05) is 6.54 Å². The van der Waals surface area contributed by atoms with E-state index >= 15 is 0 Å². The van der Waals surface area contributed by atoms with Gasteiger partial charge in [0.1, 0.15) is 12.3 Å². The van der Waals surface area contributed by atoms with Gasteiger partial charge < -0.3 is 9.64 Å². The first kappa shape index (κ1) is 16.4. The van der Waals surface area contributed by atoms with Crippen LogP contribution in [0, 0.1) is 0 Å². The molecule has 1 amide bonds. The predicted molar refractivity (Wildman–Crippen MR) is 98.9 cm³/mol. The number of rotatable bonds is 5. The van der Waals surface area contributed by atoms with Gasteiger partial charge in [0.05, 0.1) is 6.04 Å². The van der Waals surface area contributed by atoms with Crippen molar-refractivity contribution in [2.24, 2.45) is 0 Å². The second-order valence-corrected chi connectivity index (χ2v) is 6.61. The van der Waals surface area contributed by atoms with Crippen molar-refractivity contribution in [3.8, 4) is 5.88 Å². The van der Waals surface area contributed by atoms with E-state index in [2.05, 4.69) is 12.0 Å². The summed E-state index contributed by atoms with van der Waals surface area (Å²) in [5.74, 6) is 0.486. The molecule has 4 rings (SSSR count). The van der Waals surface area contributed by atoms with Crippen LogP contribution in [0.15, 0.2) is 66.7 Å². The summed E-state index contributed by atoms with van der Waals surface area (Å²) >= 11 is 0. The van der Waals surface area contributed by atoms with Crippen molar-refractivity contribution in [3.63, 3.8) is 0 Å². The largest absolute Gasteiger partial charge is 0.472 e. The van der Waals surface area contributed by atoms with Crippen LogP contribution in [0.1, 0.15) is 34.6 Å². The summed E-state index contributed by atoms with van der Waals surface area (Å²) in [6.45, 7) is 3.76. The number of benzene rings is 2. The summed E-state index contributed by atoms with van der Waals surface area (Å²) in [6.07, 6.45) is 0. The van der Waals surface area contributed by atoms with Gasteiger partial charge in [-0.25, -0.2) is 0 Å². The fraction of sp³-hybridized carbons (Fsp3) is 0.238. The summed E-state index contributed by atoms with van der Waals surface area (Å²) in [6, 6.07) is 21.8. The molecule has 0 saturated heterocycles. The standard InChI is InChI=1S/C21H21N3O2/c1-16-13-23(14-17-8-4-2-5-9-17)21(25)19-12-20(22-24(16)19)26-15-18-10-6-3-7-11-18/h2-12,16H,13-15H2,1H3. The lowest BCUT2D eigenvalue weighted by Gasteiger charge is -2.31. The molecule has 26 heavy (non-hydrogen) atoms. The summed E-state index contributed by atoms with van der Waals surface area (Å²) in [4.78, 5) is 14.7. The number of carbonyl (C=O) groups excluding carboxylic acids is 1. The molecule has 1 aromatic heterocycles. The van der Waals surface area contributed by atoms with E-state index in [0.29, 0.717) is 31.3 Å². The molecule has 2 heterocycles. The highest BCUT2D eigenvalue weighted by atomic mass is 16.5. The highest BCUT2D eigenvalue weighted by Crippen LogP contribution is 2.25. The number of aromatic nitrogens is 2. The first-order valence-corrected chi connectivity index (χ1v) is 8.80. The monoisotopic (exact) mass is 347 g/mol. The van der Waals surface area contributed by atoms with Crippen LogP contribution < -0.4 is 4.74 Å². The molecule has 1 aliphatic heterocycles. The van der Waals surface area contributed by atoms with E-state index in [9.17, 15) is 4.79 Å². The number of hydrogen-bond donors (Lipinski definition) is 0. The molecule has 2 aromatic carbocycles. The van der Waals surface area contributed by atoms with E-state index in [0.717, 1.165) is 11.1 Å². The molecule has 0 radical (unpaired) electrons. The average Bonchev–Trinajstić information content (AvgIpc) is 3.11. The highest BCUT2D eigenvalue weighted by molar-refractivity contribution is 5.93. The third-order valence-electron chi connectivity index (χ3n) is 4.57. The summed E-state index contributed by atoms with van der Waals surface area (Å²) in [7, 11) is 0. The number of nitrogens with zero attached hydrogens (tertiary/aromatic N) is 3. The average molecular weight is 347 g/mol. The molecule has 0 bridgehead atoms. The molecule has 0 N–H and O–H groups in total. The third-order valence-corrected chi connectivity index (χ3v) is 4.57. The Bertz CT molecular complexity index is 890. The zero-order chi connectivity index (χ0) is 17.9. The molecule has 0 aliphatic carbocycles. The topological polar surface area (TPSA) is 47.4 Å². The molecule has 5 heteroatoms. The molecule has 0 fully saturated rings. The number of fused-ring (bicyclic) bond motifs is 1. The van der Waals surface area contributed by atoms with Gasteiger partial charge in [-0.1, -0.05) is 60.7 Å². The Kier molecular flexibility index (Phi) is 4.44. The maximum atomic E-state index is 12.9. The maximum Gasteiger partial charge on any atom is 0.272 e. The SMILES string of the molecule is CC1CN(Cc2ccccc2)C(=O)c2cc(OCc3ccccc3)nn21. The molecule has 132 valence electrons. The van der Waals surface area contributed by atoms with Crippen molar-refractivity contribution in [1.82, 2.24) is 14.7 Å². The Labute approximate surface area is 152 Å². The lowest BCUT2D eigenvalue weighted by Crippen LogP contribution is -2.41. The fourth-order valence-electron chi connectivity index (χ4n) is 3.25. The van der Waals surface area contributed by atoms with Crippen LogP contribution in [-0.4, -0.2) is 27.1 Å². The lowest BCUT2D eigenvalue weighted by molar-refractivity contribution is 0.0650. The summed E-state index contributed by atoms with van der Waals surface area (Å²) in [5, 5.41) is 4.49. The molecular weight excluding hydrogens is 326 g/mol. The predicted octanol–water partition coefficient (Wildman–Crippen LogP) is 3.68. The molecule has 0 spiro atoms. The van der Waals surface area contributed by atoms with Crippen LogP contribution in [0.2, 0.25) is 0 Å². The Balaban J connectivity index is 1.50. The molecular formula is C21H21N3O2. The van der Waals surface area contributed by atoms with Gasteiger partial charge in [-0.05, 0) is 18.1 Å². The van der Waals surface area contributed by atoms with Crippen molar-refractivity contribution >= 4 is 5.91 Å². The zero-order valence-electron chi connectivity index (χ0n) is 14.7.